The van der Waals surface area contributed by atoms with E-state index in [4.69, 9.17) is 0 Å². The van der Waals surface area contributed by atoms with E-state index in [1.807, 2.05) is 6.07 Å². The number of hydrogen-bond donors (Lipinski definition) is 1. The summed E-state index contributed by atoms with van der Waals surface area (Å²) in [7, 11) is 0. The molecule has 2 fully saturated rings. The molecule has 0 aliphatic heterocycles. The lowest BCUT2D eigenvalue weighted by molar-refractivity contribution is -0.149. The zero-order valence-electron chi connectivity index (χ0n) is 9.83. The highest BCUT2D eigenvalue weighted by atomic mass is 79.9. The van der Waals surface area contributed by atoms with Crippen molar-refractivity contribution >= 4 is 21.9 Å². The molecule has 1 aromatic carbocycles. The minimum absolute atomic E-state index is 0.317. The van der Waals surface area contributed by atoms with Crippen molar-refractivity contribution in [1.29, 1.82) is 0 Å². The minimum atomic E-state index is -0.727. The number of carbonyl (C=O) groups is 1. The van der Waals surface area contributed by atoms with Crippen molar-refractivity contribution in [1.82, 2.24) is 0 Å². The van der Waals surface area contributed by atoms with Gasteiger partial charge in [0.2, 0.25) is 0 Å². The lowest BCUT2D eigenvalue weighted by Crippen LogP contribution is -2.32. The topological polar surface area (TPSA) is 37.3 Å². The van der Waals surface area contributed by atoms with Crippen molar-refractivity contribution in [2.45, 2.75) is 25.7 Å². The Kier molecular flexibility index (Phi) is 2.73. The van der Waals surface area contributed by atoms with Gasteiger partial charge in [0.25, 0.3) is 0 Å². The molecule has 0 saturated heterocycles. The number of aliphatic carboxylic acids is 1. The van der Waals surface area contributed by atoms with E-state index in [2.05, 4.69) is 15.9 Å². The maximum Gasteiger partial charge on any atom is 0.309 e. The van der Waals surface area contributed by atoms with E-state index >= 15 is 0 Å². The second-order valence-corrected chi connectivity index (χ2v) is 6.62. The number of hydrogen-bond acceptors (Lipinski definition) is 1. The summed E-state index contributed by atoms with van der Waals surface area (Å²) >= 11 is 3.25. The fourth-order valence-electron chi connectivity index (χ4n) is 3.40. The Morgan fingerprint density at radius 1 is 1.39 bits per heavy atom. The van der Waals surface area contributed by atoms with Crippen LogP contribution in [-0.2, 0) is 11.2 Å². The molecular weight excluding hydrogens is 299 g/mol. The summed E-state index contributed by atoms with van der Waals surface area (Å²) in [4.78, 5) is 11.6. The summed E-state index contributed by atoms with van der Waals surface area (Å²) in [5.41, 5.74) is 0.103. The van der Waals surface area contributed by atoms with Gasteiger partial charge in [0.05, 0.1) is 5.41 Å². The average Bonchev–Trinajstić information content (AvgIpc) is 2.85. The molecule has 96 valence electrons. The van der Waals surface area contributed by atoms with Crippen LogP contribution in [0.4, 0.5) is 4.39 Å². The van der Waals surface area contributed by atoms with Gasteiger partial charge in [-0.1, -0.05) is 15.9 Å². The fraction of sp³-hybridized carbons (Fsp3) is 0.500. The van der Waals surface area contributed by atoms with Gasteiger partial charge < -0.3 is 5.11 Å². The normalized spacial score (nSPS) is 33.2. The molecule has 0 amide bonds. The highest BCUT2D eigenvalue weighted by Crippen LogP contribution is 2.61. The molecule has 2 aliphatic rings. The van der Waals surface area contributed by atoms with Gasteiger partial charge in [0.15, 0.2) is 0 Å². The second kappa shape index (κ2) is 4.05. The molecule has 2 saturated carbocycles. The fourth-order valence-corrected chi connectivity index (χ4v) is 3.91. The molecule has 4 heteroatoms. The number of rotatable bonds is 3. The molecule has 1 aromatic rings. The van der Waals surface area contributed by atoms with E-state index in [1.165, 1.54) is 18.6 Å². The smallest absolute Gasteiger partial charge is 0.309 e. The quantitative estimate of drug-likeness (QED) is 0.925. The molecule has 0 bridgehead atoms. The summed E-state index contributed by atoms with van der Waals surface area (Å²) in [5.74, 6) is 0.148. The summed E-state index contributed by atoms with van der Waals surface area (Å²) in [6.45, 7) is 0. The first-order valence-electron chi connectivity index (χ1n) is 6.17. The molecule has 2 nitrogen and oxygen atoms in total. The second-order valence-electron chi connectivity index (χ2n) is 5.70. The van der Waals surface area contributed by atoms with Crippen molar-refractivity contribution in [2.75, 3.05) is 0 Å². The molecule has 2 aliphatic carbocycles. The monoisotopic (exact) mass is 312 g/mol. The highest BCUT2D eigenvalue weighted by molar-refractivity contribution is 9.10. The lowest BCUT2D eigenvalue weighted by Gasteiger charge is -2.26. The third-order valence-electron chi connectivity index (χ3n) is 4.29. The van der Waals surface area contributed by atoms with Crippen molar-refractivity contribution in [3.8, 4) is 0 Å². The van der Waals surface area contributed by atoms with E-state index in [1.54, 1.807) is 0 Å². The van der Waals surface area contributed by atoms with Crippen LogP contribution in [0.1, 0.15) is 24.8 Å². The van der Waals surface area contributed by atoms with Crippen LogP contribution in [0, 0.1) is 23.1 Å². The Balaban J connectivity index is 1.87. The van der Waals surface area contributed by atoms with Crippen molar-refractivity contribution in [3.63, 3.8) is 0 Å². The van der Waals surface area contributed by atoms with Crippen molar-refractivity contribution < 1.29 is 14.3 Å². The van der Waals surface area contributed by atoms with Crippen LogP contribution >= 0.6 is 15.9 Å². The van der Waals surface area contributed by atoms with E-state index in [9.17, 15) is 14.3 Å². The third kappa shape index (κ3) is 2.07. The van der Waals surface area contributed by atoms with Crippen LogP contribution in [0.2, 0.25) is 0 Å². The van der Waals surface area contributed by atoms with Gasteiger partial charge in [0.1, 0.15) is 5.82 Å². The predicted molar refractivity (Wildman–Crippen MR) is 68.7 cm³/mol. The molecule has 2 unspecified atom stereocenters. The average molecular weight is 313 g/mol. The highest BCUT2D eigenvalue weighted by Gasteiger charge is 2.57. The molecule has 0 heterocycles. The molecule has 2 atom stereocenters. The third-order valence-corrected chi connectivity index (χ3v) is 4.75. The van der Waals surface area contributed by atoms with Gasteiger partial charge in [0, 0.05) is 4.47 Å². The van der Waals surface area contributed by atoms with E-state index in [0.29, 0.717) is 22.7 Å². The van der Waals surface area contributed by atoms with Crippen molar-refractivity contribution in [3.05, 3.63) is 34.1 Å². The van der Waals surface area contributed by atoms with Crippen LogP contribution < -0.4 is 0 Å². The summed E-state index contributed by atoms with van der Waals surface area (Å²) in [5, 5.41) is 9.50. The van der Waals surface area contributed by atoms with E-state index in [0.717, 1.165) is 18.4 Å². The predicted octanol–water partition coefficient (Wildman–Crippen LogP) is 3.63. The molecule has 0 aromatic heterocycles. The summed E-state index contributed by atoms with van der Waals surface area (Å²) in [6.07, 6.45) is 3.12. The largest absolute Gasteiger partial charge is 0.481 e. The maximum absolute atomic E-state index is 13.3. The summed E-state index contributed by atoms with van der Waals surface area (Å²) < 4.78 is 14.0. The van der Waals surface area contributed by atoms with Crippen LogP contribution in [0.3, 0.4) is 0 Å². The van der Waals surface area contributed by atoms with Gasteiger partial charge in [-0.3, -0.25) is 4.79 Å². The first kappa shape index (κ1) is 12.2. The SMILES string of the molecule is O=C(O)C1(Cc2cc(F)cc(Br)c2)CC2CC2C1. The van der Waals surface area contributed by atoms with E-state index < -0.39 is 11.4 Å². The van der Waals surface area contributed by atoms with Gasteiger partial charge in [-0.05, 0) is 61.3 Å². The Bertz CT molecular complexity index is 484. The van der Waals surface area contributed by atoms with Gasteiger partial charge in [-0.15, -0.1) is 0 Å². The van der Waals surface area contributed by atoms with Crippen molar-refractivity contribution in [2.24, 2.45) is 17.3 Å². The van der Waals surface area contributed by atoms with Gasteiger partial charge in [-0.2, -0.15) is 0 Å². The lowest BCUT2D eigenvalue weighted by atomic mass is 9.77. The van der Waals surface area contributed by atoms with Crippen LogP contribution in [0.5, 0.6) is 0 Å². The number of carboxylic acid groups (broad SMARTS) is 1. The summed E-state index contributed by atoms with van der Waals surface area (Å²) in [6, 6.07) is 4.65. The number of benzene rings is 1. The molecule has 18 heavy (non-hydrogen) atoms. The Labute approximate surface area is 113 Å². The maximum atomic E-state index is 13.3. The van der Waals surface area contributed by atoms with Crippen LogP contribution in [0.15, 0.2) is 22.7 Å². The Morgan fingerprint density at radius 3 is 2.61 bits per heavy atom. The molecule has 0 radical (unpaired) electrons. The first-order chi connectivity index (χ1) is 8.48. The molecular formula is C14H14BrFO2. The van der Waals surface area contributed by atoms with Crippen LogP contribution in [0.25, 0.3) is 0 Å². The number of carboxylic acids is 1. The Hall–Kier alpha value is -0.900. The molecule has 1 N–H and O–H groups in total. The minimum Gasteiger partial charge on any atom is -0.481 e. The molecule has 0 spiro atoms. The Morgan fingerprint density at radius 2 is 2.06 bits per heavy atom. The van der Waals surface area contributed by atoms with Gasteiger partial charge in [-0.25, -0.2) is 4.39 Å². The van der Waals surface area contributed by atoms with Crippen LogP contribution in [-0.4, -0.2) is 11.1 Å². The first-order valence-corrected chi connectivity index (χ1v) is 6.96. The molecule has 3 rings (SSSR count). The number of fused-ring (bicyclic) bond motifs is 1. The number of halogens is 2. The van der Waals surface area contributed by atoms with Gasteiger partial charge >= 0.3 is 5.97 Å². The standard InChI is InChI=1S/C14H14BrFO2/c15-11-1-8(2-12(16)4-11)5-14(13(17)18)6-9-3-10(9)7-14/h1-2,4,9-10H,3,5-7H2,(H,17,18). The zero-order valence-corrected chi connectivity index (χ0v) is 11.4. The van der Waals surface area contributed by atoms with E-state index in [-0.39, 0.29) is 5.82 Å². The zero-order chi connectivity index (χ0) is 12.9.